The number of methoxy groups -OCH3 is 2. The van der Waals surface area contributed by atoms with Gasteiger partial charge in [-0.1, -0.05) is 18.2 Å². The predicted octanol–water partition coefficient (Wildman–Crippen LogP) is 6.16. The number of benzene rings is 4. The van der Waals surface area contributed by atoms with Crippen LogP contribution in [-0.4, -0.2) is 66.5 Å². The summed E-state index contributed by atoms with van der Waals surface area (Å²) in [6, 6.07) is 20.9. The summed E-state index contributed by atoms with van der Waals surface area (Å²) in [6.07, 6.45) is 3.23. The summed E-state index contributed by atoms with van der Waals surface area (Å²) in [5.74, 6) is 2.45. The van der Waals surface area contributed by atoms with Gasteiger partial charge in [0, 0.05) is 25.2 Å². The maximum atomic E-state index is 11.1. The van der Waals surface area contributed by atoms with Gasteiger partial charge < -0.3 is 29.5 Å². The van der Waals surface area contributed by atoms with Crippen molar-refractivity contribution in [1.29, 1.82) is 0 Å². The van der Waals surface area contributed by atoms with Crippen molar-refractivity contribution in [3.63, 3.8) is 0 Å². The van der Waals surface area contributed by atoms with E-state index < -0.39 is 0 Å². The molecule has 0 saturated heterocycles. The van der Waals surface area contributed by atoms with Gasteiger partial charge in [0.05, 0.1) is 14.2 Å². The lowest BCUT2D eigenvalue weighted by atomic mass is 9.88. The number of hydrogen-bond donors (Lipinski definition) is 3. The highest BCUT2D eigenvalue weighted by Gasteiger charge is 2.29. The molecule has 2 heterocycles. The van der Waals surface area contributed by atoms with Crippen molar-refractivity contribution < 1.29 is 29.5 Å². The highest BCUT2D eigenvalue weighted by Crippen LogP contribution is 2.43. The molecule has 4 aromatic rings. The fourth-order valence-corrected chi connectivity index (χ4v) is 6.59. The van der Waals surface area contributed by atoms with Crippen LogP contribution in [0.2, 0.25) is 0 Å². The molecule has 2 aliphatic rings. The molecule has 0 unspecified atom stereocenters. The Morgan fingerprint density at radius 3 is 1.77 bits per heavy atom. The standard InChI is InChI=1S/C36H40N2O6/c1-37-14-12-25-19-35(43-4)36(21-28(25)29(37)15-22-5-8-26(39)9-6-22)44-33-10-7-23(17-31(33)40)16-30-27-20-32(41)34(42-3)18-24(27)11-13-38(30)2/h5-10,17-21,29-30,39-41H,11-16H2,1-4H3/t29-,30+/m0/s1. The van der Waals surface area contributed by atoms with Gasteiger partial charge >= 0.3 is 0 Å². The maximum absolute atomic E-state index is 11.1. The quantitative estimate of drug-likeness (QED) is 0.223. The van der Waals surface area contributed by atoms with Crippen molar-refractivity contribution >= 4 is 0 Å². The molecular weight excluding hydrogens is 556 g/mol. The lowest BCUT2D eigenvalue weighted by Gasteiger charge is -2.35. The molecule has 2 aliphatic heterocycles. The molecule has 8 nitrogen and oxygen atoms in total. The molecule has 4 aromatic carbocycles. The summed E-state index contributed by atoms with van der Waals surface area (Å²) in [4.78, 5) is 4.62. The van der Waals surface area contributed by atoms with Crippen molar-refractivity contribution in [2.24, 2.45) is 0 Å². The average Bonchev–Trinajstić information content (AvgIpc) is 3.02. The molecule has 0 bridgehead atoms. The van der Waals surface area contributed by atoms with Gasteiger partial charge in [0.25, 0.3) is 0 Å². The Bertz CT molecular complexity index is 1650. The van der Waals surface area contributed by atoms with Gasteiger partial charge in [0.15, 0.2) is 34.5 Å². The van der Waals surface area contributed by atoms with Crippen LogP contribution in [0.4, 0.5) is 0 Å². The molecule has 44 heavy (non-hydrogen) atoms. The van der Waals surface area contributed by atoms with Gasteiger partial charge in [-0.15, -0.1) is 0 Å². The zero-order chi connectivity index (χ0) is 31.0. The highest BCUT2D eigenvalue weighted by molar-refractivity contribution is 5.54. The van der Waals surface area contributed by atoms with Crippen molar-refractivity contribution in [2.75, 3.05) is 41.4 Å². The summed E-state index contributed by atoms with van der Waals surface area (Å²) in [5, 5.41) is 31.3. The fraction of sp³-hybridized carbons (Fsp3) is 0.333. The van der Waals surface area contributed by atoms with Crippen molar-refractivity contribution in [2.45, 2.75) is 37.8 Å². The van der Waals surface area contributed by atoms with Crippen LogP contribution in [-0.2, 0) is 25.7 Å². The first kappa shape index (κ1) is 29.7. The molecule has 0 aliphatic carbocycles. The minimum absolute atomic E-state index is 0.0463. The molecule has 0 radical (unpaired) electrons. The van der Waals surface area contributed by atoms with Gasteiger partial charge in [0.2, 0.25) is 0 Å². The average molecular weight is 597 g/mol. The van der Waals surface area contributed by atoms with Crippen LogP contribution >= 0.6 is 0 Å². The zero-order valence-corrected chi connectivity index (χ0v) is 25.7. The number of aromatic hydroxyl groups is 3. The van der Waals surface area contributed by atoms with Crippen LogP contribution in [0, 0.1) is 0 Å². The summed E-state index contributed by atoms with van der Waals surface area (Å²) < 4.78 is 17.4. The predicted molar refractivity (Wildman–Crippen MR) is 169 cm³/mol. The van der Waals surface area contributed by atoms with Crippen LogP contribution in [0.15, 0.2) is 66.7 Å². The topological polar surface area (TPSA) is 94.9 Å². The van der Waals surface area contributed by atoms with E-state index in [1.54, 1.807) is 44.6 Å². The van der Waals surface area contributed by atoms with E-state index in [1.807, 2.05) is 36.4 Å². The van der Waals surface area contributed by atoms with E-state index in [1.165, 1.54) is 11.1 Å². The van der Waals surface area contributed by atoms with E-state index in [-0.39, 0.29) is 29.3 Å². The fourth-order valence-electron chi connectivity index (χ4n) is 6.59. The number of rotatable bonds is 8. The Hall–Kier alpha value is -4.40. The Labute approximate surface area is 258 Å². The van der Waals surface area contributed by atoms with E-state index in [2.05, 4.69) is 23.9 Å². The number of fused-ring (bicyclic) bond motifs is 2. The minimum atomic E-state index is 0.0463. The van der Waals surface area contributed by atoms with Crippen LogP contribution in [0.1, 0.15) is 45.5 Å². The molecule has 8 heteroatoms. The third-order valence-electron chi connectivity index (χ3n) is 9.15. The summed E-state index contributed by atoms with van der Waals surface area (Å²) in [5.41, 5.74) is 6.72. The van der Waals surface area contributed by atoms with Gasteiger partial charge in [-0.3, -0.25) is 9.80 Å². The van der Waals surface area contributed by atoms with E-state index in [0.29, 0.717) is 29.4 Å². The molecule has 230 valence electrons. The van der Waals surface area contributed by atoms with Crippen molar-refractivity contribution in [3.8, 4) is 40.2 Å². The highest BCUT2D eigenvalue weighted by atomic mass is 16.5. The Balaban J connectivity index is 1.25. The van der Waals surface area contributed by atoms with Crippen molar-refractivity contribution in [1.82, 2.24) is 9.80 Å². The minimum Gasteiger partial charge on any atom is -0.508 e. The molecule has 3 N–H and O–H groups in total. The van der Waals surface area contributed by atoms with Crippen LogP contribution in [0.25, 0.3) is 0 Å². The molecule has 0 spiro atoms. The molecular formula is C36H40N2O6. The van der Waals surface area contributed by atoms with Crippen LogP contribution in [0.3, 0.4) is 0 Å². The largest absolute Gasteiger partial charge is 0.508 e. The summed E-state index contributed by atoms with van der Waals surface area (Å²) in [6.45, 7) is 1.81. The summed E-state index contributed by atoms with van der Waals surface area (Å²) in [7, 11) is 7.41. The first-order valence-corrected chi connectivity index (χ1v) is 15.0. The lowest BCUT2D eigenvalue weighted by Crippen LogP contribution is -2.33. The molecule has 0 saturated carbocycles. The van der Waals surface area contributed by atoms with Crippen LogP contribution in [0.5, 0.6) is 40.2 Å². The lowest BCUT2D eigenvalue weighted by molar-refractivity contribution is 0.228. The number of ether oxygens (including phenoxy) is 3. The first-order valence-electron chi connectivity index (χ1n) is 15.0. The van der Waals surface area contributed by atoms with Gasteiger partial charge in [0.1, 0.15) is 5.75 Å². The SMILES string of the molecule is COc1cc2c(cc1O)[C@@H](Cc1ccc(Oc3cc4c(cc3OC)CCN(C)[C@H]4Cc3ccc(O)cc3)c(O)c1)N(C)CC2. The van der Waals surface area contributed by atoms with E-state index in [0.717, 1.165) is 54.6 Å². The number of hydrogen-bond acceptors (Lipinski definition) is 8. The third kappa shape index (κ3) is 5.87. The van der Waals surface area contributed by atoms with Gasteiger partial charge in [-0.25, -0.2) is 0 Å². The van der Waals surface area contributed by atoms with Crippen molar-refractivity contribution in [3.05, 3.63) is 100 Å². The van der Waals surface area contributed by atoms with E-state index >= 15 is 0 Å². The molecule has 2 atom stereocenters. The van der Waals surface area contributed by atoms with Gasteiger partial charge in [-0.2, -0.15) is 0 Å². The number of nitrogens with zero attached hydrogens (tertiary/aromatic N) is 2. The maximum Gasteiger partial charge on any atom is 0.169 e. The Morgan fingerprint density at radius 1 is 0.614 bits per heavy atom. The Morgan fingerprint density at radius 2 is 1.16 bits per heavy atom. The second-order valence-electron chi connectivity index (χ2n) is 11.9. The van der Waals surface area contributed by atoms with Gasteiger partial charge in [-0.05, 0) is 122 Å². The second kappa shape index (κ2) is 12.3. The molecule has 0 fully saturated rings. The Kier molecular flexibility index (Phi) is 8.29. The smallest absolute Gasteiger partial charge is 0.169 e. The number of phenols is 3. The molecule has 0 aromatic heterocycles. The monoisotopic (exact) mass is 596 g/mol. The van der Waals surface area contributed by atoms with E-state index in [4.69, 9.17) is 14.2 Å². The molecule has 6 rings (SSSR count). The van der Waals surface area contributed by atoms with E-state index in [9.17, 15) is 15.3 Å². The van der Waals surface area contributed by atoms with Crippen LogP contribution < -0.4 is 14.2 Å². The normalized spacial score (nSPS) is 18.4. The summed E-state index contributed by atoms with van der Waals surface area (Å²) >= 11 is 0. The molecule has 0 amide bonds. The second-order valence-corrected chi connectivity index (χ2v) is 11.9. The third-order valence-corrected chi connectivity index (χ3v) is 9.15. The first-order chi connectivity index (χ1) is 21.2. The number of phenolic OH excluding ortho intramolecular Hbond substituents is 3. The number of likely N-dealkylation sites (N-methyl/N-ethyl adjacent to an activating group) is 2. The zero-order valence-electron chi connectivity index (χ0n) is 25.7.